The summed E-state index contributed by atoms with van der Waals surface area (Å²) in [5.74, 6) is -0.463. The minimum absolute atomic E-state index is 0.0915. The van der Waals surface area contributed by atoms with Gasteiger partial charge in [0, 0.05) is 5.92 Å². The normalized spacial score (nSPS) is 21.2. The van der Waals surface area contributed by atoms with Gasteiger partial charge in [-0.3, -0.25) is 4.79 Å². The van der Waals surface area contributed by atoms with Crippen LogP contribution >= 0.6 is 0 Å². The van der Waals surface area contributed by atoms with Crippen LogP contribution in [0.2, 0.25) is 0 Å². The Morgan fingerprint density at radius 3 is 2.44 bits per heavy atom. The number of aliphatic carboxylic acids is 1. The van der Waals surface area contributed by atoms with Crippen LogP contribution in [0.5, 0.6) is 0 Å². The second kappa shape index (κ2) is 6.97. The van der Waals surface area contributed by atoms with Crippen LogP contribution < -0.4 is 5.14 Å². The first kappa shape index (κ1) is 17.6. The van der Waals surface area contributed by atoms with Gasteiger partial charge in [0.05, 0.1) is 10.6 Å². The fourth-order valence-electron chi connectivity index (χ4n) is 3.49. The first-order valence-corrected chi connectivity index (χ1v) is 9.68. The summed E-state index contributed by atoms with van der Waals surface area (Å²) in [6, 6.07) is 6.63. The fourth-order valence-corrected chi connectivity index (χ4v) is 4.01. The maximum absolute atomic E-state index is 11.4. The minimum atomic E-state index is -3.71. The molecule has 0 aliphatic heterocycles. The average molecular weight is 364 g/mol. The lowest BCUT2D eigenvalue weighted by Gasteiger charge is -2.30. The van der Waals surface area contributed by atoms with Crippen molar-refractivity contribution in [1.29, 1.82) is 0 Å². The molecule has 2 aromatic rings. The van der Waals surface area contributed by atoms with Gasteiger partial charge in [0.1, 0.15) is 12.7 Å². The number of carboxylic acids is 1. The number of sulfonamides is 1. The van der Waals surface area contributed by atoms with Crippen molar-refractivity contribution >= 4 is 16.0 Å². The van der Waals surface area contributed by atoms with Gasteiger partial charge in [0.25, 0.3) is 0 Å². The van der Waals surface area contributed by atoms with Crippen LogP contribution in [0.4, 0.5) is 0 Å². The van der Waals surface area contributed by atoms with Crippen molar-refractivity contribution in [2.45, 2.75) is 48.8 Å². The fraction of sp³-hybridized carbons (Fsp3) is 0.412. The standard InChI is InChI=1S/C17H20N2O5S/c18-25(22,23)12-7-5-11(6-8-12)13-3-1-2-4-14(13)15-10-24-16(19-15)9-17(20)21/h5-8,10,13-14H,1-4,9H2,(H,20,21)(H2,18,22,23). The molecular weight excluding hydrogens is 344 g/mol. The molecule has 3 rings (SSSR count). The second-order valence-electron chi connectivity index (χ2n) is 6.35. The number of aromatic nitrogens is 1. The van der Waals surface area contributed by atoms with E-state index in [2.05, 4.69) is 4.98 Å². The number of nitrogens with zero attached hydrogens (tertiary/aromatic N) is 1. The number of carboxylic acid groups (broad SMARTS) is 1. The van der Waals surface area contributed by atoms with Gasteiger partial charge in [-0.25, -0.2) is 18.5 Å². The summed E-state index contributed by atoms with van der Waals surface area (Å²) in [6.45, 7) is 0. The lowest BCUT2D eigenvalue weighted by atomic mass is 9.74. The molecule has 0 bridgehead atoms. The number of benzene rings is 1. The Kier molecular flexibility index (Phi) is 4.91. The van der Waals surface area contributed by atoms with E-state index in [0.29, 0.717) is 0 Å². The SMILES string of the molecule is NS(=O)(=O)c1ccc(C2CCCCC2c2coc(CC(=O)O)n2)cc1. The molecule has 3 N–H and O–H groups in total. The highest BCUT2D eigenvalue weighted by atomic mass is 32.2. The summed E-state index contributed by atoms with van der Waals surface area (Å²) in [5.41, 5.74) is 1.79. The topological polar surface area (TPSA) is 123 Å². The highest BCUT2D eigenvalue weighted by Gasteiger charge is 2.30. The lowest BCUT2D eigenvalue weighted by Crippen LogP contribution is -2.17. The Morgan fingerprint density at radius 1 is 1.20 bits per heavy atom. The van der Waals surface area contributed by atoms with Crippen molar-refractivity contribution in [2.24, 2.45) is 5.14 Å². The van der Waals surface area contributed by atoms with Crippen molar-refractivity contribution < 1.29 is 22.7 Å². The Labute approximate surface area is 145 Å². The Morgan fingerprint density at radius 2 is 1.84 bits per heavy atom. The van der Waals surface area contributed by atoms with Crippen LogP contribution in [-0.4, -0.2) is 24.5 Å². The molecule has 0 radical (unpaired) electrons. The molecular formula is C17H20N2O5S. The minimum Gasteiger partial charge on any atom is -0.481 e. The molecule has 8 heteroatoms. The van der Waals surface area contributed by atoms with E-state index in [4.69, 9.17) is 14.7 Å². The molecule has 1 aromatic carbocycles. The van der Waals surface area contributed by atoms with Gasteiger partial charge < -0.3 is 9.52 Å². The van der Waals surface area contributed by atoms with Gasteiger partial charge in [-0.05, 0) is 36.5 Å². The maximum atomic E-state index is 11.4. The van der Waals surface area contributed by atoms with Gasteiger partial charge in [-0.2, -0.15) is 0 Å². The van der Waals surface area contributed by atoms with Gasteiger partial charge >= 0.3 is 5.97 Å². The van der Waals surface area contributed by atoms with E-state index >= 15 is 0 Å². The monoisotopic (exact) mass is 364 g/mol. The van der Waals surface area contributed by atoms with E-state index in [9.17, 15) is 13.2 Å². The zero-order valence-corrected chi connectivity index (χ0v) is 14.4. The highest BCUT2D eigenvalue weighted by Crippen LogP contribution is 2.43. The quantitative estimate of drug-likeness (QED) is 0.839. The summed E-state index contributed by atoms with van der Waals surface area (Å²) >= 11 is 0. The van der Waals surface area contributed by atoms with Crippen LogP contribution in [0.3, 0.4) is 0 Å². The summed E-state index contributed by atoms with van der Waals surface area (Å²) in [5, 5.41) is 14.0. The molecule has 2 unspecified atom stereocenters. The number of primary sulfonamides is 1. The van der Waals surface area contributed by atoms with Gasteiger partial charge in [0.15, 0.2) is 0 Å². The number of oxazole rings is 1. The molecule has 25 heavy (non-hydrogen) atoms. The third-order valence-corrected chi connectivity index (χ3v) is 5.58. The van der Waals surface area contributed by atoms with E-state index in [-0.39, 0.29) is 29.0 Å². The van der Waals surface area contributed by atoms with Crippen LogP contribution in [0.15, 0.2) is 39.8 Å². The molecule has 1 aromatic heterocycles. The van der Waals surface area contributed by atoms with Crippen molar-refractivity contribution in [3.05, 3.63) is 47.7 Å². The molecule has 2 atom stereocenters. The third-order valence-electron chi connectivity index (χ3n) is 4.65. The summed E-state index contributed by atoms with van der Waals surface area (Å²) in [6.07, 6.45) is 5.34. The zero-order chi connectivity index (χ0) is 18.0. The van der Waals surface area contributed by atoms with Crippen molar-refractivity contribution in [3.8, 4) is 0 Å². The molecule has 1 saturated carbocycles. The molecule has 0 saturated heterocycles. The van der Waals surface area contributed by atoms with Crippen molar-refractivity contribution in [2.75, 3.05) is 0 Å². The van der Waals surface area contributed by atoms with Crippen LogP contribution in [0.25, 0.3) is 0 Å². The molecule has 0 spiro atoms. The summed E-state index contributed by atoms with van der Waals surface area (Å²) in [7, 11) is -3.71. The molecule has 1 heterocycles. The number of nitrogens with two attached hydrogens (primary N) is 1. The predicted octanol–water partition coefficient (Wildman–Crippen LogP) is 2.39. The molecule has 134 valence electrons. The van der Waals surface area contributed by atoms with E-state index < -0.39 is 16.0 Å². The molecule has 1 aliphatic rings. The smallest absolute Gasteiger partial charge is 0.312 e. The van der Waals surface area contributed by atoms with Crippen LogP contribution in [0, 0.1) is 0 Å². The van der Waals surface area contributed by atoms with E-state index in [1.807, 2.05) is 0 Å². The van der Waals surface area contributed by atoms with Gasteiger partial charge in [-0.1, -0.05) is 25.0 Å². The van der Waals surface area contributed by atoms with E-state index in [1.54, 1.807) is 18.4 Å². The number of rotatable bonds is 5. The maximum Gasteiger partial charge on any atom is 0.312 e. The third kappa shape index (κ3) is 4.08. The Bertz CT molecular complexity index is 857. The Balaban J connectivity index is 1.86. The average Bonchev–Trinajstić information content (AvgIpc) is 3.02. The number of carbonyl (C=O) groups is 1. The first-order valence-electron chi connectivity index (χ1n) is 8.13. The van der Waals surface area contributed by atoms with Gasteiger partial charge in [0.2, 0.25) is 15.9 Å². The summed E-state index contributed by atoms with van der Waals surface area (Å²) in [4.78, 5) is 15.2. The van der Waals surface area contributed by atoms with E-state index in [0.717, 1.165) is 36.9 Å². The Hall–Kier alpha value is -2.19. The lowest BCUT2D eigenvalue weighted by molar-refractivity contribution is -0.136. The first-order chi connectivity index (χ1) is 11.8. The molecule has 7 nitrogen and oxygen atoms in total. The van der Waals surface area contributed by atoms with Crippen LogP contribution in [-0.2, 0) is 21.2 Å². The van der Waals surface area contributed by atoms with Crippen molar-refractivity contribution in [3.63, 3.8) is 0 Å². The zero-order valence-electron chi connectivity index (χ0n) is 13.6. The predicted molar refractivity (Wildman–Crippen MR) is 89.6 cm³/mol. The largest absolute Gasteiger partial charge is 0.481 e. The van der Waals surface area contributed by atoms with Crippen molar-refractivity contribution in [1.82, 2.24) is 4.98 Å². The van der Waals surface area contributed by atoms with Gasteiger partial charge in [-0.15, -0.1) is 0 Å². The molecule has 0 amide bonds. The molecule has 1 fully saturated rings. The number of hydrogen-bond acceptors (Lipinski definition) is 5. The number of hydrogen-bond donors (Lipinski definition) is 2. The van der Waals surface area contributed by atoms with Crippen LogP contribution in [0.1, 0.15) is 54.7 Å². The van der Waals surface area contributed by atoms with E-state index in [1.165, 1.54) is 12.1 Å². The molecule has 1 aliphatic carbocycles. The highest BCUT2D eigenvalue weighted by molar-refractivity contribution is 7.89. The second-order valence-corrected chi connectivity index (χ2v) is 7.91. The summed E-state index contributed by atoms with van der Waals surface area (Å²) < 4.78 is 28.1.